The van der Waals surface area contributed by atoms with E-state index in [4.69, 9.17) is 32.6 Å². The van der Waals surface area contributed by atoms with Gasteiger partial charge in [-0.2, -0.15) is 0 Å². The third-order valence-electron chi connectivity index (χ3n) is 0. The van der Waals surface area contributed by atoms with E-state index in [1.807, 2.05) is 0 Å². The summed E-state index contributed by atoms with van der Waals surface area (Å²) in [5, 5.41) is 0. The van der Waals surface area contributed by atoms with Gasteiger partial charge < -0.3 is 14.0 Å². The van der Waals surface area contributed by atoms with Crippen LogP contribution in [0.3, 0.4) is 0 Å². The normalized spacial score (nSPS) is 8.73. The Morgan fingerprint density at radius 3 is 0.727 bits per heavy atom. The average molecular weight is 229 g/mol. The fourth-order valence-corrected chi connectivity index (χ4v) is 0. The van der Waals surface area contributed by atoms with Gasteiger partial charge in [-0.05, 0) is 0 Å². The summed E-state index contributed by atoms with van der Waals surface area (Å²) in [5.74, 6) is 0. The van der Waals surface area contributed by atoms with Crippen molar-refractivity contribution in [3.63, 3.8) is 0 Å². The molecule has 0 saturated carbocycles. The fourth-order valence-electron chi connectivity index (χ4n) is 0. The predicted molar refractivity (Wildman–Crippen MR) is 0 cm³/mol. The van der Waals surface area contributed by atoms with E-state index in [1.54, 1.807) is 0 Å². The Morgan fingerprint density at radius 1 is 0.727 bits per heavy atom. The Labute approximate surface area is 111 Å². The first kappa shape index (κ1) is 23.3. The first-order chi connectivity index (χ1) is 3.73. The second kappa shape index (κ2) is 12.3. The molecule has 0 aliphatic carbocycles. The number of rotatable bonds is 0. The molecule has 0 unspecified atom stereocenters. The topological polar surface area (TPSA) is 161 Å². The number of hydrogen-bond acceptors (Lipinski definition) is 7. The molecule has 0 spiro atoms. The monoisotopic (exact) mass is 228 g/mol. The van der Waals surface area contributed by atoms with Crippen LogP contribution in [0.2, 0.25) is 0 Å². The van der Waals surface area contributed by atoms with Crippen LogP contribution in [0.4, 0.5) is 0 Å². The van der Waals surface area contributed by atoms with E-state index in [0.29, 0.717) is 0 Å². The molecule has 0 atom stereocenters. The molecular weight excluding hydrogens is 229 g/mol. The van der Waals surface area contributed by atoms with Gasteiger partial charge in [-0.1, -0.05) is 0 Å². The van der Waals surface area contributed by atoms with Crippen molar-refractivity contribution >= 4 is 0 Å². The molecule has 0 N–H and O–H groups in total. The van der Waals surface area contributed by atoms with E-state index in [2.05, 4.69) is 0 Å². The van der Waals surface area contributed by atoms with Crippen LogP contribution in [0.5, 0.6) is 0 Å². The molecule has 0 fully saturated rings. The quantitative estimate of drug-likeness (QED) is 0.372. The molecule has 0 aromatic heterocycles. The van der Waals surface area contributed by atoms with E-state index < -0.39 is 21.0 Å². The van der Waals surface area contributed by atoms with Gasteiger partial charge in [-0.3, -0.25) is 0 Å². The summed E-state index contributed by atoms with van der Waals surface area (Å²) in [6, 6.07) is 0. The fraction of sp³-hybridized carbons (Fsp3) is 0. The molecule has 0 radical (unpaired) electrons. The minimum atomic E-state index is -4.94. The van der Waals surface area contributed by atoms with Gasteiger partial charge in [0.15, 0.2) is 0 Å². The SMILES string of the molecule is [Na+].[Na+].[O-][Cl+2]([O-])[O-].[O-][Cl+3]([O-])([O-])[O-]. The molecule has 0 aromatic carbocycles. The summed E-state index contributed by atoms with van der Waals surface area (Å²) >= 11 is 0. The first-order valence-electron chi connectivity index (χ1n) is 1.08. The molecule has 0 bridgehead atoms. The van der Waals surface area contributed by atoms with Crippen molar-refractivity contribution in [2.45, 2.75) is 0 Å². The summed E-state index contributed by atoms with van der Waals surface area (Å²) in [6.07, 6.45) is 0. The maximum absolute atomic E-state index is 8.49. The molecule has 0 aromatic rings. The van der Waals surface area contributed by atoms with Crippen LogP contribution in [0, 0.1) is 21.0 Å². The van der Waals surface area contributed by atoms with E-state index in [0.717, 1.165) is 0 Å². The first-order valence-corrected chi connectivity index (χ1v) is 3.24. The van der Waals surface area contributed by atoms with E-state index in [1.165, 1.54) is 0 Å². The van der Waals surface area contributed by atoms with Crippen molar-refractivity contribution in [2.75, 3.05) is 0 Å². The maximum atomic E-state index is 8.49. The Balaban J connectivity index is -0.0000000383. The zero-order chi connectivity index (χ0) is 8.08. The number of hydrogen-bond donors (Lipinski definition) is 0. The summed E-state index contributed by atoms with van der Waals surface area (Å²) in [6.45, 7) is 0. The summed E-state index contributed by atoms with van der Waals surface area (Å²) in [5.41, 5.74) is 0. The third kappa shape index (κ3) is 247. The van der Waals surface area contributed by atoms with E-state index in [-0.39, 0.29) is 59.1 Å². The van der Waals surface area contributed by atoms with Crippen LogP contribution in [0.1, 0.15) is 0 Å². The smallest absolute Gasteiger partial charge is 0.357 e. The van der Waals surface area contributed by atoms with Crippen LogP contribution >= 0.6 is 0 Å². The van der Waals surface area contributed by atoms with Gasteiger partial charge >= 0.3 is 59.1 Å². The van der Waals surface area contributed by atoms with Crippen molar-refractivity contribution in [3.05, 3.63) is 0 Å². The second-order valence-electron chi connectivity index (χ2n) is 0.567. The number of halogens is 2. The van der Waals surface area contributed by atoms with E-state index in [9.17, 15) is 0 Å². The van der Waals surface area contributed by atoms with Gasteiger partial charge in [0.05, 0.1) is 10.8 Å². The molecule has 0 rings (SSSR count). The summed E-state index contributed by atoms with van der Waals surface area (Å²) in [4.78, 5) is 0. The molecule has 0 amide bonds. The van der Waals surface area contributed by atoms with Gasteiger partial charge in [0, 0.05) is 0 Å². The Kier molecular flexibility index (Phi) is 26.0. The Morgan fingerprint density at radius 2 is 0.727 bits per heavy atom. The van der Waals surface area contributed by atoms with Crippen LogP contribution in [-0.2, 0) is 0 Å². The van der Waals surface area contributed by atoms with Crippen molar-refractivity contribution < 1.29 is 113 Å². The van der Waals surface area contributed by atoms with Crippen LogP contribution < -0.4 is 91.7 Å². The van der Waals surface area contributed by atoms with Gasteiger partial charge in [0.2, 0.25) is 0 Å². The molecule has 0 saturated heterocycles. The molecular formula is Cl2Na2O7. The van der Waals surface area contributed by atoms with Gasteiger partial charge in [0.25, 0.3) is 0 Å². The average Bonchev–Trinajstić information content (AvgIpc) is 1.19. The van der Waals surface area contributed by atoms with Crippen molar-refractivity contribution in [1.29, 1.82) is 0 Å². The molecule has 11 heavy (non-hydrogen) atoms. The molecule has 0 aliphatic heterocycles. The zero-order valence-corrected chi connectivity index (χ0v) is 11.1. The molecule has 0 heterocycles. The van der Waals surface area contributed by atoms with Crippen molar-refractivity contribution in [3.8, 4) is 0 Å². The third-order valence-corrected chi connectivity index (χ3v) is 0. The largest absolute Gasteiger partial charge is 1.00 e. The van der Waals surface area contributed by atoms with Crippen LogP contribution in [0.25, 0.3) is 0 Å². The van der Waals surface area contributed by atoms with Crippen molar-refractivity contribution in [1.82, 2.24) is 0 Å². The maximum Gasteiger partial charge on any atom is 1.00 e. The summed E-state index contributed by atoms with van der Waals surface area (Å²) in [7, 11) is -7.80. The zero-order valence-electron chi connectivity index (χ0n) is 5.61. The minimum absolute atomic E-state index is 0. The minimum Gasteiger partial charge on any atom is -0.357 e. The molecule has 0 aliphatic rings. The van der Waals surface area contributed by atoms with Gasteiger partial charge in [-0.15, -0.1) is 10.2 Å². The van der Waals surface area contributed by atoms with Crippen LogP contribution in [0.15, 0.2) is 0 Å². The summed E-state index contributed by atoms with van der Waals surface area (Å²) < 4.78 is 59.2. The van der Waals surface area contributed by atoms with Crippen LogP contribution in [-0.4, -0.2) is 0 Å². The Hall–Kier alpha value is 2.30. The second-order valence-corrected chi connectivity index (χ2v) is 1.70. The van der Waals surface area contributed by atoms with E-state index >= 15 is 0 Å². The van der Waals surface area contributed by atoms with Gasteiger partial charge in [-0.25, -0.2) is 18.6 Å². The molecule has 7 nitrogen and oxygen atoms in total. The van der Waals surface area contributed by atoms with Gasteiger partial charge in [0.1, 0.15) is 0 Å². The standard InChI is InChI=1S/ClHO4.ClO3.2Na/c2-1(3,4)5;2-1(3)4;;/h(H,2,3,4,5);;;/q;-1;2*+1/p-1. The molecule has 58 valence electrons. The Bertz CT molecular complexity index is 51.2. The predicted octanol–water partition coefficient (Wildman–Crippen LogP) is -14.3. The van der Waals surface area contributed by atoms with Crippen molar-refractivity contribution in [2.24, 2.45) is 0 Å². The molecule has 11 heteroatoms.